The molecule has 0 bridgehead atoms. The van der Waals surface area contributed by atoms with Crippen LogP contribution in [0.2, 0.25) is 0 Å². The van der Waals surface area contributed by atoms with Crippen molar-refractivity contribution in [3.05, 3.63) is 77.9 Å². The average Bonchev–Trinajstić information content (AvgIpc) is 3.42. The molecule has 8 heteroatoms. The average molecular weight is 571 g/mol. The highest BCUT2D eigenvalue weighted by atomic mass is 32.1. The Morgan fingerprint density at radius 1 is 0.976 bits per heavy atom. The maximum Gasteiger partial charge on any atom is 0.208 e. The first kappa shape index (κ1) is 29.0. The maximum atomic E-state index is 6.33. The van der Waals surface area contributed by atoms with E-state index in [2.05, 4.69) is 82.6 Å². The molecule has 1 aliphatic rings. The lowest BCUT2D eigenvalue weighted by Crippen LogP contribution is -2.53. The van der Waals surface area contributed by atoms with E-state index in [4.69, 9.17) is 9.72 Å². The molecule has 1 unspecified atom stereocenters. The van der Waals surface area contributed by atoms with Crippen molar-refractivity contribution in [3.8, 4) is 22.1 Å². The Bertz CT molecular complexity index is 1360. The molecule has 7 nitrogen and oxygen atoms in total. The number of pyridine rings is 1. The molecule has 1 saturated heterocycles. The second-order valence-electron chi connectivity index (χ2n) is 10.4. The van der Waals surface area contributed by atoms with Gasteiger partial charge in [-0.05, 0) is 49.7 Å². The molecule has 2 N–H and O–H groups in total. The minimum atomic E-state index is 0.670. The molecule has 216 valence electrons. The molecule has 0 saturated carbocycles. The van der Waals surface area contributed by atoms with Crippen LogP contribution in [0.1, 0.15) is 38.6 Å². The van der Waals surface area contributed by atoms with E-state index in [1.807, 2.05) is 30.3 Å². The number of thiazole rings is 1. The van der Waals surface area contributed by atoms with Crippen molar-refractivity contribution in [1.29, 1.82) is 0 Å². The van der Waals surface area contributed by atoms with Crippen molar-refractivity contribution < 1.29 is 4.74 Å². The molecule has 0 amide bonds. The molecule has 2 aromatic heterocycles. The summed E-state index contributed by atoms with van der Waals surface area (Å²) in [6.07, 6.45) is 5.15. The highest BCUT2D eigenvalue weighted by molar-refractivity contribution is 7.14. The standard InChI is InChI=1S/C33H42N6OS/c1-4-10-28-24-38(6-3)21-22-39(28)20-19-34-26-13-15-27(16-14-26)36-30-23-29(17-18-35-30)40-33-32(37-31(5-2)41-33)25-11-8-7-9-12-25/h7-9,11-18,23,28,34H,4-6,10,19-22,24H2,1-3H3,(H,35,36). The molecule has 1 atom stereocenters. The monoisotopic (exact) mass is 570 g/mol. The predicted octanol–water partition coefficient (Wildman–Crippen LogP) is 7.52. The van der Waals surface area contributed by atoms with Crippen LogP contribution in [-0.2, 0) is 6.42 Å². The van der Waals surface area contributed by atoms with Crippen molar-refractivity contribution in [2.24, 2.45) is 0 Å². The van der Waals surface area contributed by atoms with Crippen LogP contribution in [0.25, 0.3) is 11.3 Å². The fourth-order valence-electron chi connectivity index (χ4n) is 5.31. The molecular weight excluding hydrogens is 528 g/mol. The van der Waals surface area contributed by atoms with Gasteiger partial charge < -0.3 is 20.3 Å². The second-order valence-corrected chi connectivity index (χ2v) is 11.5. The summed E-state index contributed by atoms with van der Waals surface area (Å²) in [6.45, 7) is 13.4. The molecule has 0 radical (unpaired) electrons. The Balaban J connectivity index is 1.16. The number of benzene rings is 2. The van der Waals surface area contributed by atoms with Gasteiger partial charge in [-0.1, -0.05) is 68.9 Å². The first-order chi connectivity index (χ1) is 20.1. The number of aryl methyl sites for hydroxylation is 1. The fraction of sp³-hybridized carbons (Fsp3) is 0.394. The first-order valence-corrected chi connectivity index (χ1v) is 15.7. The van der Waals surface area contributed by atoms with E-state index in [9.17, 15) is 0 Å². The predicted molar refractivity (Wildman–Crippen MR) is 172 cm³/mol. The summed E-state index contributed by atoms with van der Waals surface area (Å²) in [6, 6.07) is 23.1. The molecule has 5 rings (SSSR count). The quantitative estimate of drug-likeness (QED) is 0.172. The van der Waals surface area contributed by atoms with Gasteiger partial charge >= 0.3 is 0 Å². The van der Waals surface area contributed by atoms with Crippen LogP contribution in [-0.4, -0.2) is 65.1 Å². The number of nitrogens with one attached hydrogen (secondary N) is 2. The summed E-state index contributed by atoms with van der Waals surface area (Å²) in [5.41, 5.74) is 4.05. The van der Waals surface area contributed by atoms with Gasteiger partial charge in [-0.15, -0.1) is 0 Å². The van der Waals surface area contributed by atoms with Crippen molar-refractivity contribution in [3.63, 3.8) is 0 Å². The van der Waals surface area contributed by atoms with Crippen LogP contribution in [0.4, 0.5) is 17.2 Å². The third kappa shape index (κ3) is 7.85. The van der Waals surface area contributed by atoms with Crippen molar-refractivity contribution in [2.45, 2.75) is 46.1 Å². The lowest BCUT2D eigenvalue weighted by molar-refractivity contribution is 0.0757. The van der Waals surface area contributed by atoms with Gasteiger partial charge in [0.2, 0.25) is 5.06 Å². The number of likely N-dealkylation sites (N-methyl/N-ethyl adjacent to an activating group) is 1. The third-order valence-electron chi connectivity index (χ3n) is 7.58. The van der Waals surface area contributed by atoms with Crippen LogP contribution in [0, 0.1) is 0 Å². The lowest BCUT2D eigenvalue weighted by Gasteiger charge is -2.41. The van der Waals surface area contributed by atoms with E-state index in [-0.39, 0.29) is 0 Å². The Labute approximate surface area is 248 Å². The maximum absolute atomic E-state index is 6.33. The first-order valence-electron chi connectivity index (χ1n) is 14.9. The van der Waals surface area contributed by atoms with Gasteiger partial charge in [-0.3, -0.25) is 4.90 Å². The molecule has 2 aromatic carbocycles. The molecule has 1 aliphatic heterocycles. The zero-order chi connectivity index (χ0) is 28.4. The number of rotatable bonds is 13. The normalized spacial score (nSPS) is 16.0. The second kappa shape index (κ2) is 14.4. The third-order valence-corrected chi connectivity index (χ3v) is 8.65. The van der Waals surface area contributed by atoms with Crippen LogP contribution >= 0.6 is 11.3 Å². The van der Waals surface area contributed by atoms with E-state index in [1.54, 1.807) is 17.5 Å². The summed E-state index contributed by atoms with van der Waals surface area (Å²) in [4.78, 5) is 14.6. The van der Waals surface area contributed by atoms with E-state index in [0.717, 1.165) is 76.9 Å². The van der Waals surface area contributed by atoms with Gasteiger partial charge in [0, 0.05) is 68.0 Å². The number of hydrogen-bond donors (Lipinski definition) is 2. The van der Waals surface area contributed by atoms with Crippen molar-refractivity contribution in [2.75, 3.05) is 49.9 Å². The van der Waals surface area contributed by atoms with Gasteiger partial charge in [-0.2, -0.15) is 0 Å². The number of anilines is 3. The van der Waals surface area contributed by atoms with Crippen molar-refractivity contribution >= 4 is 28.5 Å². The summed E-state index contributed by atoms with van der Waals surface area (Å²) in [7, 11) is 0. The van der Waals surface area contributed by atoms with Gasteiger partial charge in [0.1, 0.15) is 17.3 Å². The summed E-state index contributed by atoms with van der Waals surface area (Å²) >= 11 is 1.59. The molecule has 3 heterocycles. The summed E-state index contributed by atoms with van der Waals surface area (Å²) in [5, 5.41) is 8.88. The van der Waals surface area contributed by atoms with Crippen LogP contribution in [0.5, 0.6) is 10.8 Å². The molecular formula is C33H42N6OS. The highest BCUT2D eigenvalue weighted by Gasteiger charge is 2.25. The van der Waals surface area contributed by atoms with Crippen LogP contribution < -0.4 is 15.4 Å². The topological polar surface area (TPSA) is 65.5 Å². The molecule has 0 spiro atoms. The highest BCUT2D eigenvalue weighted by Crippen LogP contribution is 2.39. The Kier molecular flexibility index (Phi) is 10.2. The smallest absolute Gasteiger partial charge is 0.208 e. The van der Waals surface area contributed by atoms with Gasteiger partial charge in [0.25, 0.3) is 0 Å². The zero-order valence-corrected chi connectivity index (χ0v) is 25.3. The SMILES string of the molecule is CCCC1CN(CC)CCN1CCNc1ccc(Nc2cc(Oc3sc(CC)nc3-c3ccccc3)ccn2)cc1. The van der Waals surface area contributed by atoms with Gasteiger partial charge in [-0.25, -0.2) is 9.97 Å². The van der Waals surface area contributed by atoms with Gasteiger partial charge in [0.05, 0.1) is 5.01 Å². The van der Waals surface area contributed by atoms with E-state index < -0.39 is 0 Å². The fourth-order valence-corrected chi connectivity index (χ4v) is 6.20. The minimum Gasteiger partial charge on any atom is -0.444 e. The van der Waals surface area contributed by atoms with Crippen LogP contribution in [0.15, 0.2) is 72.9 Å². The lowest BCUT2D eigenvalue weighted by atomic mass is 10.1. The number of aromatic nitrogens is 2. The van der Waals surface area contributed by atoms with E-state index in [0.29, 0.717) is 6.04 Å². The molecule has 1 fully saturated rings. The number of piperazine rings is 1. The van der Waals surface area contributed by atoms with E-state index in [1.165, 1.54) is 25.9 Å². The Morgan fingerprint density at radius 3 is 2.54 bits per heavy atom. The van der Waals surface area contributed by atoms with Crippen LogP contribution in [0.3, 0.4) is 0 Å². The Morgan fingerprint density at radius 2 is 1.78 bits per heavy atom. The molecule has 0 aliphatic carbocycles. The summed E-state index contributed by atoms with van der Waals surface area (Å²) < 4.78 is 6.33. The zero-order valence-electron chi connectivity index (χ0n) is 24.5. The number of hydrogen-bond acceptors (Lipinski definition) is 8. The largest absolute Gasteiger partial charge is 0.444 e. The minimum absolute atomic E-state index is 0.670. The summed E-state index contributed by atoms with van der Waals surface area (Å²) in [5.74, 6) is 1.46. The number of ether oxygens (including phenoxy) is 1. The molecule has 4 aromatic rings. The van der Waals surface area contributed by atoms with Crippen molar-refractivity contribution in [1.82, 2.24) is 19.8 Å². The number of nitrogens with zero attached hydrogens (tertiary/aromatic N) is 4. The van der Waals surface area contributed by atoms with E-state index >= 15 is 0 Å². The van der Waals surface area contributed by atoms with Gasteiger partial charge in [0.15, 0.2) is 0 Å². The molecule has 41 heavy (non-hydrogen) atoms. The Hall–Kier alpha value is -3.46.